The van der Waals surface area contributed by atoms with Gasteiger partial charge >= 0.3 is 0 Å². The van der Waals surface area contributed by atoms with E-state index in [4.69, 9.17) is 27.9 Å². The van der Waals surface area contributed by atoms with E-state index in [9.17, 15) is 4.79 Å². The van der Waals surface area contributed by atoms with Gasteiger partial charge in [0.25, 0.3) is 0 Å². The highest BCUT2D eigenvalue weighted by atomic mass is 35.5. The quantitative estimate of drug-likeness (QED) is 0.338. The lowest BCUT2D eigenvalue weighted by Gasteiger charge is -2.13. The summed E-state index contributed by atoms with van der Waals surface area (Å²) < 4.78 is 5.14. The van der Waals surface area contributed by atoms with Crippen molar-refractivity contribution in [1.29, 1.82) is 0 Å². The molecule has 5 nitrogen and oxygen atoms in total. The zero-order chi connectivity index (χ0) is 20.8. The Kier molecular flexibility index (Phi) is 7.36. The molecule has 1 saturated heterocycles. The third-order valence-electron chi connectivity index (χ3n) is 4.20. The van der Waals surface area contributed by atoms with Crippen molar-refractivity contribution in [2.45, 2.75) is 11.7 Å². The molecule has 150 valence electrons. The molecule has 1 aliphatic heterocycles. The molecule has 0 saturated carbocycles. The minimum atomic E-state index is -0.304. The van der Waals surface area contributed by atoms with Crippen LogP contribution in [0.2, 0.25) is 10.0 Å². The maximum absolute atomic E-state index is 12.8. The predicted octanol–water partition coefficient (Wildman–Crippen LogP) is 5.06. The van der Waals surface area contributed by atoms with Gasteiger partial charge in [0.15, 0.2) is 5.17 Å². The second-order valence-corrected chi connectivity index (χ2v) is 8.18. The number of halogens is 2. The largest absolute Gasteiger partial charge is 0.497 e. The third-order valence-corrected chi connectivity index (χ3v) is 6.11. The molecule has 0 aromatic heterocycles. The number of thioether (sulfide) groups is 1. The smallest absolute Gasteiger partial charge is 0.242 e. The fourth-order valence-corrected chi connectivity index (χ4v) is 4.19. The van der Waals surface area contributed by atoms with Crippen LogP contribution in [0.3, 0.4) is 0 Å². The second-order valence-electron chi connectivity index (χ2n) is 6.20. The molecule has 1 atom stereocenters. The van der Waals surface area contributed by atoms with E-state index < -0.39 is 0 Å². The summed E-state index contributed by atoms with van der Waals surface area (Å²) in [4.78, 5) is 14.4. The fourth-order valence-electron chi connectivity index (χ4n) is 2.73. The highest BCUT2D eigenvalue weighted by Gasteiger charge is 2.37. The highest BCUT2D eigenvalue weighted by molar-refractivity contribution is 8.15. The van der Waals surface area contributed by atoms with Crippen molar-refractivity contribution in [2.75, 3.05) is 13.7 Å². The zero-order valence-electron chi connectivity index (χ0n) is 15.7. The molecule has 0 unspecified atom stereocenters. The van der Waals surface area contributed by atoms with E-state index in [1.54, 1.807) is 36.4 Å². The summed E-state index contributed by atoms with van der Waals surface area (Å²) in [5.74, 6) is 0.743. The molecule has 2 aromatic carbocycles. The van der Waals surface area contributed by atoms with Gasteiger partial charge in [-0.3, -0.25) is 9.69 Å². The van der Waals surface area contributed by atoms with Gasteiger partial charge in [-0.1, -0.05) is 47.1 Å². The second kappa shape index (κ2) is 9.96. The monoisotopic (exact) mass is 447 g/mol. The Morgan fingerprint density at radius 1 is 1.21 bits per heavy atom. The van der Waals surface area contributed by atoms with E-state index in [-0.39, 0.29) is 11.2 Å². The van der Waals surface area contributed by atoms with Crippen LogP contribution in [0.4, 0.5) is 0 Å². The van der Waals surface area contributed by atoms with Crippen molar-refractivity contribution < 1.29 is 9.53 Å². The van der Waals surface area contributed by atoms with Crippen LogP contribution < -0.4 is 4.74 Å². The third kappa shape index (κ3) is 5.41. The van der Waals surface area contributed by atoms with Crippen molar-refractivity contribution in [2.24, 2.45) is 10.2 Å². The van der Waals surface area contributed by atoms with Crippen LogP contribution in [0.1, 0.15) is 11.1 Å². The molecule has 29 heavy (non-hydrogen) atoms. The number of carbonyl (C=O) groups excluding carboxylic acids is 1. The van der Waals surface area contributed by atoms with Gasteiger partial charge in [-0.05, 0) is 53.9 Å². The first-order valence-electron chi connectivity index (χ1n) is 8.79. The van der Waals surface area contributed by atoms with Crippen LogP contribution in [0, 0.1) is 0 Å². The molecule has 1 amide bonds. The zero-order valence-corrected chi connectivity index (χ0v) is 18.0. The minimum absolute atomic E-state index is 0.0284. The van der Waals surface area contributed by atoms with Crippen LogP contribution in [0.15, 0.2) is 65.3 Å². The predicted molar refractivity (Wildman–Crippen MR) is 121 cm³/mol. The lowest BCUT2D eigenvalue weighted by atomic mass is 10.1. The van der Waals surface area contributed by atoms with Gasteiger partial charge in [0, 0.05) is 6.54 Å². The van der Waals surface area contributed by atoms with Crippen LogP contribution in [-0.4, -0.2) is 41.1 Å². The van der Waals surface area contributed by atoms with Gasteiger partial charge < -0.3 is 4.74 Å². The molecule has 2 aromatic rings. The van der Waals surface area contributed by atoms with Gasteiger partial charge in [0.05, 0.1) is 28.6 Å². The number of hydrogen-bond donors (Lipinski definition) is 0. The molecular formula is C21H19Cl2N3O2S. The summed E-state index contributed by atoms with van der Waals surface area (Å²) in [5, 5.41) is 9.62. The van der Waals surface area contributed by atoms with Crippen LogP contribution in [0.5, 0.6) is 5.75 Å². The SMILES string of the molecule is C=CCN1C(=O)[C@@H](Cc2ccc(Cl)c(Cl)c2)S/C1=N\N=C/c1ccc(OC)cc1. The highest BCUT2D eigenvalue weighted by Crippen LogP contribution is 2.31. The average molecular weight is 448 g/mol. The summed E-state index contributed by atoms with van der Waals surface area (Å²) in [6.07, 6.45) is 3.83. The standard InChI is InChI=1S/C21H19Cl2N3O2S/c1-3-10-26-20(27)19(12-15-6-9-17(22)18(23)11-15)29-21(26)25-24-13-14-4-7-16(28-2)8-5-14/h3-9,11,13,19H,1,10,12H2,2H3/b24-13-,25-21-/t19-/m1/s1. The maximum Gasteiger partial charge on any atom is 0.242 e. The first-order chi connectivity index (χ1) is 14.0. The average Bonchev–Trinajstić information content (AvgIpc) is 3.01. The van der Waals surface area contributed by atoms with E-state index in [1.165, 1.54) is 11.8 Å². The molecule has 0 radical (unpaired) electrons. The Labute approximate surface area is 184 Å². The molecule has 8 heteroatoms. The van der Waals surface area contributed by atoms with Crippen LogP contribution in [-0.2, 0) is 11.2 Å². The Morgan fingerprint density at radius 2 is 1.97 bits per heavy atom. The lowest BCUT2D eigenvalue weighted by molar-refractivity contribution is -0.125. The number of methoxy groups -OCH3 is 1. The molecule has 0 spiro atoms. The number of nitrogens with zero attached hydrogens (tertiary/aromatic N) is 3. The molecule has 0 aliphatic carbocycles. The minimum Gasteiger partial charge on any atom is -0.497 e. The van der Waals surface area contributed by atoms with Crippen molar-refractivity contribution in [3.05, 3.63) is 76.3 Å². The number of rotatable bonds is 7. The summed E-state index contributed by atoms with van der Waals surface area (Å²) in [5.41, 5.74) is 1.82. The Morgan fingerprint density at radius 3 is 2.62 bits per heavy atom. The molecule has 1 aliphatic rings. The van der Waals surface area contributed by atoms with Gasteiger partial charge in [-0.2, -0.15) is 5.10 Å². The van der Waals surface area contributed by atoms with Gasteiger partial charge in [-0.25, -0.2) is 0 Å². The van der Waals surface area contributed by atoms with E-state index in [0.717, 1.165) is 16.9 Å². The Bertz CT molecular complexity index is 961. The number of hydrogen-bond acceptors (Lipinski definition) is 5. The summed E-state index contributed by atoms with van der Waals surface area (Å²) in [7, 11) is 1.62. The van der Waals surface area contributed by atoms with Crippen molar-refractivity contribution in [3.8, 4) is 5.75 Å². The number of ether oxygens (including phenoxy) is 1. The maximum atomic E-state index is 12.8. The van der Waals surface area contributed by atoms with Gasteiger partial charge in [-0.15, -0.1) is 11.7 Å². The molecule has 3 rings (SSSR count). The Balaban J connectivity index is 1.75. The normalized spacial score (nSPS) is 18.0. The number of amides is 1. The summed E-state index contributed by atoms with van der Waals surface area (Å²) in [6, 6.07) is 12.8. The summed E-state index contributed by atoms with van der Waals surface area (Å²) in [6.45, 7) is 4.10. The van der Waals surface area contributed by atoms with E-state index in [0.29, 0.717) is 28.2 Å². The topological polar surface area (TPSA) is 54.3 Å². The number of amidine groups is 1. The fraction of sp³-hybridized carbons (Fsp3) is 0.190. The number of carbonyl (C=O) groups is 1. The van der Waals surface area contributed by atoms with Crippen molar-refractivity contribution in [1.82, 2.24) is 4.90 Å². The number of benzene rings is 2. The van der Waals surface area contributed by atoms with Gasteiger partial charge in [0.1, 0.15) is 5.75 Å². The molecule has 0 N–H and O–H groups in total. The molecule has 1 fully saturated rings. The molecule has 0 bridgehead atoms. The van der Waals surface area contributed by atoms with Crippen molar-refractivity contribution in [3.63, 3.8) is 0 Å². The van der Waals surface area contributed by atoms with E-state index in [2.05, 4.69) is 16.8 Å². The molecular weight excluding hydrogens is 429 g/mol. The van der Waals surface area contributed by atoms with Crippen molar-refractivity contribution >= 4 is 52.3 Å². The van der Waals surface area contributed by atoms with Crippen LogP contribution in [0.25, 0.3) is 0 Å². The van der Waals surface area contributed by atoms with E-state index in [1.807, 2.05) is 30.3 Å². The first-order valence-corrected chi connectivity index (χ1v) is 10.4. The first kappa shape index (κ1) is 21.4. The van der Waals surface area contributed by atoms with E-state index >= 15 is 0 Å². The Hall–Kier alpha value is -2.28. The lowest BCUT2D eigenvalue weighted by Crippen LogP contribution is -2.32. The van der Waals surface area contributed by atoms with Crippen LogP contribution >= 0.6 is 35.0 Å². The summed E-state index contributed by atoms with van der Waals surface area (Å²) >= 11 is 13.4. The van der Waals surface area contributed by atoms with Gasteiger partial charge in [0.2, 0.25) is 5.91 Å². The molecule has 1 heterocycles.